The second-order valence-corrected chi connectivity index (χ2v) is 13.0. The van der Waals surface area contributed by atoms with Crippen molar-refractivity contribution in [3.63, 3.8) is 0 Å². The van der Waals surface area contributed by atoms with Crippen LogP contribution < -0.4 is 21.3 Å². The number of fused-ring (bicyclic) bond motifs is 4. The number of imidazole rings is 2. The minimum absolute atomic E-state index is 0.0895. The molecular weight excluding hydrogens is 658 g/mol. The lowest BCUT2D eigenvalue weighted by Gasteiger charge is -2.35. The van der Waals surface area contributed by atoms with Crippen LogP contribution >= 0.6 is 15.6 Å². The molecule has 2 unspecified atom stereocenters. The number of ether oxygens (including phenoxy) is 4. The number of phosphoric ester groups is 2. The zero-order valence-corrected chi connectivity index (χ0v) is 25.7. The van der Waals surface area contributed by atoms with Gasteiger partial charge in [-0.3, -0.25) is 18.3 Å². The van der Waals surface area contributed by atoms with Crippen molar-refractivity contribution < 1.29 is 56.0 Å². The number of anilines is 2. The van der Waals surface area contributed by atoms with Crippen molar-refractivity contribution in [3.8, 4) is 0 Å². The van der Waals surface area contributed by atoms with Gasteiger partial charge in [-0.15, -0.1) is 0 Å². The quantitative estimate of drug-likeness (QED) is 0.229. The maximum absolute atomic E-state index is 13.2. The molecule has 0 amide bonds. The third kappa shape index (κ3) is 5.45. The number of nitrogens with two attached hydrogens (primary N) is 2. The average molecular weight is 684 g/mol. The van der Waals surface area contributed by atoms with Crippen LogP contribution in [-0.4, -0.2) is 103 Å². The van der Waals surface area contributed by atoms with Gasteiger partial charge in [-0.25, -0.2) is 29.9 Å². The SMILES string of the molecule is CO[C@@H]1[C@@H]2OP(=O)([O-])OC[C@H]3O[C@@H](n4cnc5c(N)ncnc54)[C@H](OC)[C@@H]3OP(=O)([O-])OC[C@H]2O[C@H]1n1cnc2c(N)ncnc21. The molecule has 7 rings (SSSR count). The van der Waals surface area contributed by atoms with E-state index in [4.69, 9.17) is 48.5 Å². The molecule has 4 aromatic rings. The number of nitrogen functional groups attached to an aromatic ring is 2. The number of hydrogen-bond acceptors (Lipinski definition) is 20. The second kappa shape index (κ2) is 11.8. The molecule has 0 bridgehead atoms. The average Bonchev–Trinajstić information content (AvgIpc) is 3.78. The Hall–Kier alpha value is -3.24. The van der Waals surface area contributed by atoms with Gasteiger partial charge in [0.1, 0.15) is 60.3 Å². The van der Waals surface area contributed by atoms with E-state index in [1.165, 1.54) is 48.7 Å². The number of nitrogens with zero attached hydrogens (tertiary/aromatic N) is 8. The molecule has 0 saturated carbocycles. The van der Waals surface area contributed by atoms with Gasteiger partial charge < -0.3 is 58.3 Å². The molecule has 4 aromatic heterocycles. The number of phosphoric acid groups is 2. The normalized spacial score (nSPS) is 37.1. The zero-order valence-electron chi connectivity index (χ0n) is 23.9. The fraction of sp³-hybridized carbons (Fsp3) is 0.545. The molecule has 3 fully saturated rings. The molecular formula is C22H26N10O12P2-2. The fourth-order valence-electron chi connectivity index (χ4n) is 5.69. The fourth-order valence-corrected chi connectivity index (χ4v) is 7.58. The van der Waals surface area contributed by atoms with Crippen molar-refractivity contribution in [2.24, 2.45) is 0 Å². The van der Waals surface area contributed by atoms with E-state index < -0.39 is 77.9 Å². The number of rotatable bonds is 4. The van der Waals surface area contributed by atoms with Crippen LogP contribution in [0.3, 0.4) is 0 Å². The molecule has 248 valence electrons. The first-order valence-corrected chi connectivity index (χ1v) is 16.4. The Balaban J connectivity index is 1.19. The van der Waals surface area contributed by atoms with Gasteiger partial charge in [-0.2, -0.15) is 0 Å². The molecule has 7 heterocycles. The summed E-state index contributed by atoms with van der Waals surface area (Å²) in [5.74, 6) is 0.179. The summed E-state index contributed by atoms with van der Waals surface area (Å²) < 4.78 is 73.8. The van der Waals surface area contributed by atoms with E-state index >= 15 is 0 Å². The van der Waals surface area contributed by atoms with Gasteiger partial charge in [0, 0.05) is 14.2 Å². The third-order valence-electron chi connectivity index (χ3n) is 7.73. The predicted molar refractivity (Wildman–Crippen MR) is 146 cm³/mol. The summed E-state index contributed by atoms with van der Waals surface area (Å²) >= 11 is 0. The minimum Gasteiger partial charge on any atom is -0.756 e. The van der Waals surface area contributed by atoms with Crippen molar-refractivity contribution >= 4 is 49.6 Å². The summed E-state index contributed by atoms with van der Waals surface area (Å²) in [6, 6.07) is 0. The summed E-state index contributed by atoms with van der Waals surface area (Å²) in [6.07, 6.45) is -5.10. The van der Waals surface area contributed by atoms with Crippen LogP contribution in [0.15, 0.2) is 25.3 Å². The maximum Gasteiger partial charge on any atom is 0.268 e. The van der Waals surface area contributed by atoms with Crippen molar-refractivity contribution in [2.75, 3.05) is 38.9 Å². The molecule has 4 N–H and O–H groups in total. The lowest BCUT2D eigenvalue weighted by molar-refractivity contribution is -0.245. The van der Waals surface area contributed by atoms with E-state index in [0.717, 1.165) is 0 Å². The molecule has 0 aromatic carbocycles. The third-order valence-corrected chi connectivity index (χ3v) is 9.67. The summed E-state index contributed by atoms with van der Waals surface area (Å²) in [5.41, 5.74) is 12.8. The highest BCUT2D eigenvalue weighted by Gasteiger charge is 2.52. The van der Waals surface area contributed by atoms with Crippen molar-refractivity contribution in [1.29, 1.82) is 0 Å². The lowest BCUT2D eigenvalue weighted by Crippen LogP contribution is -2.41. The van der Waals surface area contributed by atoms with Gasteiger partial charge in [0.25, 0.3) is 15.6 Å². The summed E-state index contributed by atoms with van der Waals surface area (Å²) in [6.45, 7) is -1.49. The highest BCUT2D eigenvalue weighted by atomic mass is 31.2. The topological polar surface area (TPSA) is 293 Å². The van der Waals surface area contributed by atoms with Crippen molar-refractivity contribution in [2.45, 2.75) is 49.1 Å². The minimum atomic E-state index is -5.17. The van der Waals surface area contributed by atoms with Crippen LogP contribution in [0.1, 0.15) is 12.5 Å². The second-order valence-electron chi connectivity index (χ2n) is 10.3. The molecule has 3 aliphatic heterocycles. The molecule has 0 radical (unpaired) electrons. The molecule has 0 spiro atoms. The monoisotopic (exact) mass is 684 g/mol. The Labute approximate surface area is 258 Å². The first-order chi connectivity index (χ1) is 22.0. The predicted octanol–water partition coefficient (Wildman–Crippen LogP) is -1.59. The Morgan fingerprint density at radius 3 is 1.54 bits per heavy atom. The molecule has 10 atom stereocenters. The zero-order chi connectivity index (χ0) is 32.4. The van der Waals surface area contributed by atoms with Crippen LogP contribution in [-0.2, 0) is 46.2 Å². The standard InChI is InChI=1S/C22H28N10O12P2/c1-37-15-13-9(41-21(15)31-7-29-11-17(23)25-5-27-19(11)31)3-39-46(35,36)44-14-10(4-40-45(33,34)43-13)42-22(16(14)38-2)32-8-30-12-18(24)26-6-28-20(12)32/h5-10,13-16,21-22H,3-4H2,1-2H3,(H,33,34)(H,35,36)(H2,23,25,27)(H2,24,26,28)/p-2/t9-,10-,13-,14-,15-,16-,21-,22-/m1/s1. The Bertz CT molecular complexity index is 1730. The molecule has 24 heteroatoms. The Morgan fingerprint density at radius 1 is 0.739 bits per heavy atom. The highest BCUT2D eigenvalue weighted by molar-refractivity contribution is 7.46. The van der Waals surface area contributed by atoms with E-state index in [9.17, 15) is 18.9 Å². The maximum atomic E-state index is 13.2. The number of hydrogen-bond donors (Lipinski definition) is 2. The molecule has 3 saturated heterocycles. The molecule has 22 nitrogen and oxygen atoms in total. The van der Waals surface area contributed by atoms with Gasteiger partial charge in [-0.1, -0.05) is 0 Å². The van der Waals surface area contributed by atoms with Crippen LogP contribution in [0.5, 0.6) is 0 Å². The van der Waals surface area contributed by atoms with Crippen LogP contribution in [0.2, 0.25) is 0 Å². The first kappa shape index (κ1) is 31.4. The van der Waals surface area contributed by atoms with Gasteiger partial charge in [0.15, 0.2) is 35.4 Å². The highest BCUT2D eigenvalue weighted by Crippen LogP contribution is 2.51. The molecule has 0 aliphatic carbocycles. The van der Waals surface area contributed by atoms with Crippen LogP contribution in [0.4, 0.5) is 11.6 Å². The van der Waals surface area contributed by atoms with Crippen molar-refractivity contribution in [3.05, 3.63) is 25.3 Å². The Kier molecular flexibility index (Phi) is 8.03. The van der Waals surface area contributed by atoms with Crippen LogP contribution in [0.25, 0.3) is 22.3 Å². The van der Waals surface area contributed by atoms with Crippen LogP contribution in [0, 0.1) is 0 Å². The smallest absolute Gasteiger partial charge is 0.268 e. The lowest BCUT2D eigenvalue weighted by atomic mass is 10.1. The first-order valence-electron chi connectivity index (χ1n) is 13.5. The van der Waals surface area contributed by atoms with Crippen molar-refractivity contribution in [1.82, 2.24) is 39.0 Å². The largest absolute Gasteiger partial charge is 0.756 e. The van der Waals surface area contributed by atoms with E-state index in [-0.39, 0.29) is 34.0 Å². The van der Waals surface area contributed by atoms with E-state index in [2.05, 4.69) is 29.9 Å². The number of methoxy groups -OCH3 is 2. The van der Waals surface area contributed by atoms with Gasteiger partial charge in [-0.05, 0) is 0 Å². The molecule has 3 aliphatic rings. The van der Waals surface area contributed by atoms with Gasteiger partial charge in [0.2, 0.25) is 0 Å². The van der Waals surface area contributed by atoms with Gasteiger partial charge in [0.05, 0.1) is 25.9 Å². The number of aromatic nitrogens is 8. The molecule has 46 heavy (non-hydrogen) atoms. The van der Waals surface area contributed by atoms with E-state index in [1.54, 1.807) is 0 Å². The van der Waals surface area contributed by atoms with Gasteiger partial charge >= 0.3 is 0 Å². The van der Waals surface area contributed by atoms with E-state index in [0.29, 0.717) is 0 Å². The van der Waals surface area contributed by atoms with E-state index in [1.807, 2.05) is 0 Å². The summed E-state index contributed by atoms with van der Waals surface area (Å²) in [4.78, 5) is 50.9. The summed E-state index contributed by atoms with van der Waals surface area (Å²) in [5, 5.41) is 0. The Morgan fingerprint density at radius 2 is 1.15 bits per heavy atom. The summed E-state index contributed by atoms with van der Waals surface area (Å²) in [7, 11) is -7.77.